The van der Waals surface area contributed by atoms with Crippen LogP contribution in [0.4, 0.5) is 11.4 Å². The third kappa shape index (κ3) is 5.18. The van der Waals surface area contributed by atoms with E-state index >= 15 is 0 Å². The van der Waals surface area contributed by atoms with Crippen LogP contribution in [-0.2, 0) is 14.8 Å². The highest BCUT2D eigenvalue weighted by atomic mass is 35.5. The highest BCUT2D eigenvalue weighted by Crippen LogP contribution is 2.33. The molecule has 3 rings (SSSR count). The Morgan fingerprint density at radius 3 is 2.29 bits per heavy atom. The lowest BCUT2D eigenvalue weighted by Crippen LogP contribution is -2.38. The van der Waals surface area contributed by atoms with Gasteiger partial charge in [-0.15, -0.1) is 0 Å². The molecular formula is C23H23ClN2O4S. The van der Waals surface area contributed by atoms with Gasteiger partial charge in [0.05, 0.1) is 28.4 Å². The third-order valence-corrected chi connectivity index (χ3v) is 6.75. The van der Waals surface area contributed by atoms with E-state index in [2.05, 4.69) is 5.32 Å². The van der Waals surface area contributed by atoms with E-state index in [-0.39, 0.29) is 10.6 Å². The molecular weight excluding hydrogens is 436 g/mol. The Bertz CT molecular complexity index is 1190. The van der Waals surface area contributed by atoms with Crippen molar-refractivity contribution in [2.24, 2.45) is 0 Å². The molecule has 0 spiro atoms. The Morgan fingerprint density at radius 1 is 1.00 bits per heavy atom. The summed E-state index contributed by atoms with van der Waals surface area (Å²) in [5, 5.41) is 3.04. The predicted molar refractivity (Wildman–Crippen MR) is 124 cm³/mol. The number of rotatable bonds is 7. The Balaban J connectivity index is 2.04. The Labute approximate surface area is 187 Å². The monoisotopic (exact) mass is 458 g/mol. The standard InChI is InChI=1S/C23H23ClN2O4S/c1-16-8-11-18(12-9-16)31(28,29)26(21-14-17(2)10-13-22(21)30-3)15-23(27)25-20-7-5-4-6-19(20)24/h4-14H,15H2,1-3H3,(H,25,27). The average Bonchev–Trinajstić information content (AvgIpc) is 2.74. The number of para-hydroxylation sites is 1. The van der Waals surface area contributed by atoms with Crippen molar-refractivity contribution in [2.75, 3.05) is 23.3 Å². The van der Waals surface area contributed by atoms with Crippen molar-refractivity contribution in [1.29, 1.82) is 0 Å². The minimum Gasteiger partial charge on any atom is -0.495 e. The number of nitrogens with zero attached hydrogens (tertiary/aromatic N) is 1. The molecule has 3 aromatic rings. The number of hydrogen-bond acceptors (Lipinski definition) is 4. The smallest absolute Gasteiger partial charge is 0.264 e. The number of ether oxygens (including phenoxy) is 1. The first-order valence-electron chi connectivity index (χ1n) is 9.51. The minimum atomic E-state index is -4.06. The van der Waals surface area contributed by atoms with Crippen molar-refractivity contribution in [3.8, 4) is 5.75 Å². The van der Waals surface area contributed by atoms with Gasteiger partial charge >= 0.3 is 0 Å². The summed E-state index contributed by atoms with van der Waals surface area (Å²) in [6, 6.07) is 18.4. The van der Waals surface area contributed by atoms with Gasteiger partial charge in [-0.2, -0.15) is 0 Å². The molecule has 0 atom stereocenters. The molecule has 0 aliphatic carbocycles. The number of hydrogen-bond donors (Lipinski definition) is 1. The summed E-state index contributed by atoms with van der Waals surface area (Å²) in [5.74, 6) is -0.195. The van der Waals surface area contributed by atoms with Gasteiger partial charge in [-0.05, 0) is 55.8 Å². The van der Waals surface area contributed by atoms with E-state index in [4.69, 9.17) is 16.3 Å². The molecule has 1 N–H and O–H groups in total. The van der Waals surface area contributed by atoms with Gasteiger partial charge in [0.2, 0.25) is 5.91 Å². The number of amides is 1. The van der Waals surface area contributed by atoms with E-state index in [1.165, 1.54) is 19.2 Å². The summed E-state index contributed by atoms with van der Waals surface area (Å²) >= 11 is 6.12. The Morgan fingerprint density at radius 2 is 1.65 bits per heavy atom. The van der Waals surface area contributed by atoms with Crippen LogP contribution in [0.15, 0.2) is 71.6 Å². The second-order valence-corrected chi connectivity index (χ2v) is 9.30. The Kier molecular flexibility index (Phi) is 6.87. The van der Waals surface area contributed by atoms with Crippen molar-refractivity contribution in [3.05, 3.63) is 82.9 Å². The summed E-state index contributed by atoms with van der Waals surface area (Å²) in [6.07, 6.45) is 0. The molecule has 0 aromatic heterocycles. The predicted octanol–water partition coefficient (Wildman–Crippen LogP) is 4.80. The SMILES string of the molecule is COc1ccc(C)cc1N(CC(=O)Nc1ccccc1Cl)S(=O)(=O)c1ccc(C)cc1. The summed E-state index contributed by atoms with van der Waals surface area (Å²) < 4.78 is 33.5. The van der Waals surface area contributed by atoms with E-state index in [1.807, 2.05) is 19.9 Å². The molecule has 0 saturated heterocycles. The van der Waals surface area contributed by atoms with Crippen LogP contribution < -0.4 is 14.4 Å². The van der Waals surface area contributed by atoms with Gasteiger partial charge in [-0.25, -0.2) is 8.42 Å². The molecule has 0 radical (unpaired) electrons. The van der Waals surface area contributed by atoms with Crippen LogP contribution in [0.5, 0.6) is 5.75 Å². The van der Waals surface area contributed by atoms with Crippen LogP contribution in [0.2, 0.25) is 5.02 Å². The highest BCUT2D eigenvalue weighted by Gasteiger charge is 2.29. The maximum absolute atomic E-state index is 13.5. The molecule has 1 amide bonds. The van der Waals surface area contributed by atoms with Crippen LogP contribution in [0.25, 0.3) is 0 Å². The molecule has 0 fully saturated rings. The van der Waals surface area contributed by atoms with E-state index < -0.39 is 22.5 Å². The fourth-order valence-electron chi connectivity index (χ4n) is 3.01. The van der Waals surface area contributed by atoms with Gasteiger partial charge in [0, 0.05) is 0 Å². The van der Waals surface area contributed by atoms with Gasteiger partial charge in [0.15, 0.2) is 0 Å². The van der Waals surface area contributed by atoms with Crippen molar-refractivity contribution < 1.29 is 17.9 Å². The number of halogens is 1. The van der Waals surface area contributed by atoms with Crippen molar-refractivity contribution in [3.63, 3.8) is 0 Å². The number of nitrogens with one attached hydrogen (secondary N) is 1. The highest BCUT2D eigenvalue weighted by molar-refractivity contribution is 7.92. The number of anilines is 2. The first-order valence-corrected chi connectivity index (χ1v) is 11.3. The van der Waals surface area contributed by atoms with Gasteiger partial charge in [-0.1, -0.05) is 47.5 Å². The molecule has 0 bridgehead atoms. The van der Waals surface area contributed by atoms with E-state index in [0.717, 1.165) is 15.4 Å². The average molecular weight is 459 g/mol. The van der Waals surface area contributed by atoms with Crippen LogP contribution in [0, 0.1) is 13.8 Å². The van der Waals surface area contributed by atoms with Crippen molar-refractivity contribution in [1.82, 2.24) is 0 Å². The molecule has 31 heavy (non-hydrogen) atoms. The lowest BCUT2D eigenvalue weighted by atomic mass is 10.2. The topological polar surface area (TPSA) is 75.7 Å². The lowest BCUT2D eigenvalue weighted by molar-refractivity contribution is -0.114. The maximum Gasteiger partial charge on any atom is 0.264 e. The Hall–Kier alpha value is -3.03. The molecule has 0 aliphatic rings. The normalized spacial score (nSPS) is 11.1. The van der Waals surface area contributed by atoms with Crippen LogP contribution >= 0.6 is 11.6 Å². The molecule has 162 valence electrons. The zero-order chi connectivity index (χ0) is 22.6. The van der Waals surface area contributed by atoms with E-state index in [1.54, 1.807) is 48.5 Å². The zero-order valence-electron chi connectivity index (χ0n) is 17.4. The van der Waals surface area contributed by atoms with Crippen LogP contribution in [0.3, 0.4) is 0 Å². The van der Waals surface area contributed by atoms with Gasteiger partial charge in [-0.3, -0.25) is 9.10 Å². The second-order valence-electron chi connectivity index (χ2n) is 7.03. The fraction of sp³-hybridized carbons (Fsp3) is 0.174. The van der Waals surface area contributed by atoms with E-state index in [9.17, 15) is 13.2 Å². The molecule has 8 heteroatoms. The van der Waals surface area contributed by atoms with Crippen molar-refractivity contribution >= 4 is 38.9 Å². The first kappa shape index (κ1) is 22.7. The van der Waals surface area contributed by atoms with Gasteiger partial charge in [0.25, 0.3) is 10.0 Å². The largest absolute Gasteiger partial charge is 0.495 e. The number of methoxy groups -OCH3 is 1. The van der Waals surface area contributed by atoms with Gasteiger partial charge < -0.3 is 10.1 Å². The summed E-state index contributed by atoms with van der Waals surface area (Å²) in [6.45, 7) is 3.25. The molecule has 0 aliphatic heterocycles. The molecule has 6 nitrogen and oxygen atoms in total. The third-order valence-electron chi connectivity index (χ3n) is 4.65. The molecule has 0 saturated carbocycles. The summed E-state index contributed by atoms with van der Waals surface area (Å²) in [7, 11) is -2.61. The minimum absolute atomic E-state index is 0.0761. The van der Waals surface area contributed by atoms with Crippen LogP contribution in [0.1, 0.15) is 11.1 Å². The second kappa shape index (κ2) is 9.41. The number of carbonyl (C=O) groups excluding carboxylic acids is 1. The summed E-state index contributed by atoms with van der Waals surface area (Å²) in [5.41, 5.74) is 2.43. The first-order chi connectivity index (χ1) is 14.7. The lowest BCUT2D eigenvalue weighted by Gasteiger charge is -2.26. The number of carbonyl (C=O) groups is 1. The summed E-state index contributed by atoms with van der Waals surface area (Å²) in [4.78, 5) is 12.9. The zero-order valence-corrected chi connectivity index (χ0v) is 19.0. The van der Waals surface area contributed by atoms with Gasteiger partial charge in [0.1, 0.15) is 12.3 Å². The number of sulfonamides is 1. The quantitative estimate of drug-likeness (QED) is 0.551. The molecule has 3 aromatic carbocycles. The maximum atomic E-state index is 13.5. The molecule has 0 unspecified atom stereocenters. The van der Waals surface area contributed by atoms with Crippen LogP contribution in [-0.4, -0.2) is 28.0 Å². The fourth-order valence-corrected chi connectivity index (χ4v) is 4.62. The van der Waals surface area contributed by atoms with E-state index in [0.29, 0.717) is 16.5 Å². The van der Waals surface area contributed by atoms with Crippen molar-refractivity contribution in [2.45, 2.75) is 18.7 Å². The molecule has 0 heterocycles. The number of aryl methyl sites for hydroxylation is 2. The number of benzene rings is 3.